The van der Waals surface area contributed by atoms with Gasteiger partial charge in [0.15, 0.2) is 0 Å². The van der Waals surface area contributed by atoms with Crippen molar-refractivity contribution in [2.24, 2.45) is 10.9 Å². The zero-order chi connectivity index (χ0) is 7.28. The second kappa shape index (κ2) is 4.30. The summed E-state index contributed by atoms with van der Waals surface area (Å²) in [6.07, 6.45) is 1.81. The van der Waals surface area contributed by atoms with E-state index in [1.54, 1.807) is 0 Å². The van der Waals surface area contributed by atoms with Gasteiger partial charge in [-0.1, -0.05) is 19.9 Å². The minimum Gasteiger partial charge on any atom is -0.290 e. The molecule has 0 aliphatic carbocycles. The predicted octanol–water partition coefficient (Wildman–Crippen LogP) is 2.29. The molecule has 0 bridgehead atoms. The zero-order valence-corrected chi connectivity index (χ0v) is 6.52. The van der Waals surface area contributed by atoms with Crippen LogP contribution in [0.3, 0.4) is 0 Å². The van der Waals surface area contributed by atoms with E-state index in [4.69, 9.17) is 0 Å². The Balaban J connectivity index is 3.68. The molecule has 0 saturated carbocycles. The van der Waals surface area contributed by atoms with E-state index in [-0.39, 0.29) is 0 Å². The molecule has 0 N–H and O–H groups in total. The summed E-state index contributed by atoms with van der Waals surface area (Å²) in [6.45, 7) is 10.7. The molecule has 0 saturated heterocycles. The Labute approximate surface area is 57.5 Å². The van der Waals surface area contributed by atoms with E-state index in [9.17, 15) is 0 Å². The standard InChI is InChI=1S/C8H15N/c1-5-6-9-8(4)7(2)3/h5,7H,1,6H2,2-4H3. The zero-order valence-electron chi connectivity index (χ0n) is 6.52. The Morgan fingerprint density at radius 2 is 2.22 bits per heavy atom. The third-order valence-corrected chi connectivity index (χ3v) is 1.31. The highest BCUT2D eigenvalue weighted by Gasteiger charge is 1.94. The van der Waals surface area contributed by atoms with Gasteiger partial charge in [0.2, 0.25) is 0 Å². The molecule has 0 heterocycles. The lowest BCUT2D eigenvalue weighted by molar-refractivity contribution is 0.871. The van der Waals surface area contributed by atoms with Crippen LogP contribution in [0.5, 0.6) is 0 Å². The highest BCUT2D eigenvalue weighted by atomic mass is 14.7. The fourth-order valence-electron chi connectivity index (χ4n) is 0.391. The van der Waals surface area contributed by atoms with Gasteiger partial charge in [-0.15, -0.1) is 6.58 Å². The van der Waals surface area contributed by atoms with Gasteiger partial charge in [-0.05, 0) is 12.8 Å². The molecule has 0 rings (SSSR count). The number of rotatable bonds is 3. The highest BCUT2D eigenvalue weighted by Crippen LogP contribution is 1.95. The summed E-state index contributed by atoms with van der Waals surface area (Å²) in [7, 11) is 0. The first-order valence-corrected chi connectivity index (χ1v) is 3.30. The molecule has 1 nitrogen and oxygen atoms in total. The van der Waals surface area contributed by atoms with E-state index in [1.165, 1.54) is 5.71 Å². The fourth-order valence-corrected chi connectivity index (χ4v) is 0.391. The molecule has 0 amide bonds. The van der Waals surface area contributed by atoms with Crippen LogP contribution in [0.4, 0.5) is 0 Å². The topological polar surface area (TPSA) is 12.4 Å². The van der Waals surface area contributed by atoms with Gasteiger partial charge in [0.05, 0.1) is 6.54 Å². The number of hydrogen-bond acceptors (Lipinski definition) is 1. The van der Waals surface area contributed by atoms with Gasteiger partial charge in [-0.2, -0.15) is 0 Å². The van der Waals surface area contributed by atoms with Crippen LogP contribution in [0.1, 0.15) is 20.8 Å². The SMILES string of the molecule is C=CCN=C(C)C(C)C. The van der Waals surface area contributed by atoms with E-state index in [0.717, 1.165) is 6.54 Å². The molecule has 0 unspecified atom stereocenters. The number of hydrogen-bond donors (Lipinski definition) is 0. The molecule has 0 aliphatic rings. The van der Waals surface area contributed by atoms with E-state index < -0.39 is 0 Å². The lowest BCUT2D eigenvalue weighted by Crippen LogP contribution is -2.01. The van der Waals surface area contributed by atoms with Gasteiger partial charge in [0.25, 0.3) is 0 Å². The van der Waals surface area contributed by atoms with E-state index in [0.29, 0.717) is 5.92 Å². The monoisotopic (exact) mass is 125 g/mol. The smallest absolute Gasteiger partial charge is 0.0567 e. The molecule has 9 heavy (non-hydrogen) atoms. The first-order chi connectivity index (χ1) is 4.18. The van der Waals surface area contributed by atoms with Crippen molar-refractivity contribution in [3.8, 4) is 0 Å². The van der Waals surface area contributed by atoms with Gasteiger partial charge in [0, 0.05) is 5.71 Å². The summed E-state index contributed by atoms with van der Waals surface area (Å²) in [5.41, 5.74) is 1.20. The van der Waals surface area contributed by atoms with Crippen molar-refractivity contribution in [1.82, 2.24) is 0 Å². The van der Waals surface area contributed by atoms with Crippen molar-refractivity contribution in [3.05, 3.63) is 12.7 Å². The van der Waals surface area contributed by atoms with Gasteiger partial charge < -0.3 is 0 Å². The summed E-state index contributed by atoms with van der Waals surface area (Å²) >= 11 is 0. The summed E-state index contributed by atoms with van der Waals surface area (Å²) in [4.78, 5) is 4.24. The third kappa shape index (κ3) is 3.95. The van der Waals surface area contributed by atoms with E-state index >= 15 is 0 Å². The van der Waals surface area contributed by atoms with Gasteiger partial charge >= 0.3 is 0 Å². The van der Waals surface area contributed by atoms with Crippen LogP contribution in [0.2, 0.25) is 0 Å². The minimum atomic E-state index is 0.574. The second-order valence-corrected chi connectivity index (χ2v) is 2.43. The lowest BCUT2D eigenvalue weighted by Gasteiger charge is -2.01. The van der Waals surface area contributed by atoms with Crippen LogP contribution in [-0.4, -0.2) is 12.3 Å². The average molecular weight is 125 g/mol. The molecular formula is C8H15N. The average Bonchev–Trinajstić information content (AvgIpc) is 1.82. The molecule has 0 atom stereocenters. The Hall–Kier alpha value is -0.590. The second-order valence-electron chi connectivity index (χ2n) is 2.43. The van der Waals surface area contributed by atoms with Crippen LogP contribution in [-0.2, 0) is 0 Å². The Morgan fingerprint density at radius 3 is 2.56 bits per heavy atom. The van der Waals surface area contributed by atoms with E-state index in [2.05, 4.69) is 25.4 Å². The maximum atomic E-state index is 4.24. The first kappa shape index (κ1) is 8.41. The third-order valence-electron chi connectivity index (χ3n) is 1.31. The lowest BCUT2D eigenvalue weighted by atomic mass is 10.1. The van der Waals surface area contributed by atoms with Crippen molar-refractivity contribution >= 4 is 5.71 Å². The van der Waals surface area contributed by atoms with Crippen LogP contribution >= 0.6 is 0 Å². The van der Waals surface area contributed by atoms with E-state index in [1.807, 2.05) is 13.0 Å². The molecule has 0 aliphatic heterocycles. The molecule has 0 fully saturated rings. The molecule has 0 aromatic heterocycles. The van der Waals surface area contributed by atoms with Crippen molar-refractivity contribution in [3.63, 3.8) is 0 Å². The number of nitrogens with zero attached hydrogens (tertiary/aromatic N) is 1. The van der Waals surface area contributed by atoms with Gasteiger partial charge in [0.1, 0.15) is 0 Å². The normalized spacial score (nSPS) is 12.2. The predicted molar refractivity (Wildman–Crippen MR) is 43.0 cm³/mol. The van der Waals surface area contributed by atoms with Crippen LogP contribution in [0.15, 0.2) is 17.6 Å². The molecule has 0 radical (unpaired) electrons. The van der Waals surface area contributed by atoms with Crippen LogP contribution in [0, 0.1) is 5.92 Å². The summed E-state index contributed by atoms with van der Waals surface area (Å²) in [6, 6.07) is 0. The van der Waals surface area contributed by atoms with Gasteiger partial charge in [-0.25, -0.2) is 0 Å². The molecular weight excluding hydrogens is 110 g/mol. The fraction of sp³-hybridized carbons (Fsp3) is 0.625. The van der Waals surface area contributed by atoms with Crippen LogP contribution in [0.25, 0.3) is 0 Å². The Morgan fingerprint density at radius 1 is 1.67 bits per heavy atom. The molecule has 1 heteroatoms. The summed E-state index contributed by atoms with van der Waals surface area (Å²) in [5, 5.41) is 0. The maximum Gasteiger partial charge on any atom is 0.0567 e. The van der Waals surface area contributed by atoms with Crippen molar-refractivity contribution in [2.45, 2.75) is 20.8 Å². The van der Waals surface area contributed by atoms with Gasteiger partial charge in [-0.3, -0.25) is 4.99 Å². The van der Waals surface area contributed by atoms with Crippen molar-refractivity contribution in [1.29, 1.82) is 0 Å². The summed E-state index contributed by atoms with van der Waals surface area (Å²) in [5.74, 6) is 0.574. The molecule has 0 aromatic carbocycles. The number of aliphatic imine (C=N–C) groups is 1. The quantitative estimate of drug-likeness (QED) is 0.405. The maximum absolute atomic E-state index is 4.24. The Bertz CT molecular complexity index is 112. The highest BCUT2D eigenvalue weighted by molar-refractivity contribution is 5.83. The summed E-state index contributed by atoms with van der Waals surface area (Å²) < 4.78 is 0. The van der Waals surface area contributed by atoms with Crippen LogP contribution < -0.4 is 0 Å². The van der Waals surface area contributed by atoms with Crippen molar-refractivity contribution in [2.75, 3.05) is 6.54 Å². The largest absolute Gasteiger partial charge is 0.290 e. The first-order valence-electron chi connectivity index (χ1n) is 3.30. The molecule has 0 aromatic rings. The Kier molecular flexibility index (Phi) is 4.02. The molecule has 0 spiro atoms. The van der Waals surface area contributed by atoms with Crippen molar-refractivity contribution < 1.29 is 0 Å². The minimum absolute atomic E-state index is 0.574. The molecule has 52 valence electrons.